The fraction of sp³-hybridized carbons (Fsp3) is 0.364. The van der Waals surface area contributed by atoms with Crippen molar-refractivity contribution >= 4 is 11.7 Å². The van der Waals surface area contributed by atoms with E-state index in [4.69, 9.17) is 21.4 Å². The van der Waals surface area contributed by atoms with E-state index in [9.17, 15) is 4.79 Å². The van der Waals surface area contributed by atoms with Crippen molar-refractivity contribution in [2.45, 2.75) is 6.54 Å². The summed E-state index contributed by atoms with van der Waals surface area (Å²) in [4.78, 5) is 14.5. The number of hydrogen-bond acceptors (Lipinski definition) is 6. The highest BCUT2D eigenvalue weighted by Crippen LogP contribution is 2.04. The number of aromatic nitrogens is 1. The minimum absolute atomic E-state index is 0.0395. The minimum Gasteiger partial charge on any atom is -0.409 e. The van der Waals surface area contributed by atoms with Crippen molar-refractivity contribution in [1.29, 1.82) is 0 Å². The maximum absolute atomic E-state index is 10.4. The molecule has 0 atom stereocenters. The monoisotopic (exact) mass is 267 g/mol. The molecule has 0 unspecified atom stereocenters. The van der Waals surface area contributed by atoms with Gasteiger partial charge in [-0.1, -0.05) is 11.2 Å². The Hall–Kier alpha value is -2.19. The van der Waals surface area contributed by atoms with Crippen LogP contribution in [0.15, 0.2) is 23.5 Å². The number of primary amides is 1. The average molecular weight is 267 g/mol. The number of pyridine rings is 1. The number of ether oxygens (including phenoxy) is 1. The lowest BCUT2D eigenvalue weighted by Gasteiger charge is -2.08. The first-order valence-corrected chi connectivity index (χ1v) is 5.63. The van der Waals surface area contributed by atoms with E-state index in [0.29, 0.717) is 25.4 Å². The molecular formula is C11H17N5O3. The Morgan fingerprint density at radius 2 is 2.32 bits per heavy atom. The van der Waals surface area contributed by atoms with Crippen molar-refractivity contribution < 1.29 is 14.7 Å². The van der Waals surface area contributed by atoms with E-state index in [0.717, 1.165) is 5.56 Å². The molecule has 0 bridgehead atoms. The van der Waals surface area contributed by atoms with Crippen LogP contribution in [0.25, 0.3) is 0 Å². The van der Waals surface area contributed by atoms with Crippen molar-refractivity contribution in [2.24, 2.45) is 16.6 Å². The van der Waals surface area contributed by atoms with Crippen LogP contribution >= 0.6 is 0 Å². The summed E-state index contributed by atoms with van der Waals surface area (Å²) in [6, 6.07) is 3.58. The molecule has 0 aliphatic heterocycles. The van der Waals surface area contributed by atoms with Crippen molar-refractivity contribution in [3.05, 3.63) is 29.6 Å². The Labute approximate surface area is 110 Å². The molecule has 0 fully saturated rings. The zero-order valence-electron chi connectivity index (χ0n) is 10.4. The van der Waals surface area contributed by atoms with Crippen molar-refractivity contribution in [1.82, 2.24) is 10.3 Å². The maximum Gasteiger partial charge on any atom is 0.243 e. The van der Waals surface area contributed by atoms with Gasteiger partial charge in [0.1, 0.15) is 12.3 Å². The molecule has 1 aromatic heterocycles. The summed E-state index contributed by atoms with van der Waals surface area (Å²) in [6.07, 6.45) is 1.56. The first kappa shape index (κ1) is 14.9. The van der Waals surface area contributed by atoms with Crippen LogP contribution in [0.3, 0.4) is 0 Å². The van der Waals surface area contributed by atoms with Gasteiger partial charge in [-0.05, 0) is 11.6 Å². The number of carbonyl (C=O) groups is 1. The molecule has 0 spiro atoms. The van der Waals surface area contributed by atoms with Crippen molar-refractivity contribution in [3.8, 4) is 0 Å². The van der Waals surface area contributed by atoms with Crippen LogP contribution in [-0.2, 0) is 16.1 Å². The number of rotatable bonds is 8. The third kappa shape index (κ3) is 5.32. The number of nitrogens with one attached hydrogen (secondary N) is 1. The largest absolute Gasteiger partial charge is 0.409 e. The Kier molecular flexibility index (Phi) is 6.27. The smallest absolute Gasteiger partial charge is 0.243 e. The van der Waals surface area contributed by atoms with E-state index in [1.807, 2.05) is 6.07 Å². The number of nitrogens with zero attached hydrogens (tertiary/aromatic N) is 2. The number of carbonyl (C=O) groups excluding carboxylic acids is 1. The third-order valence-electron chi connectivity index (χ3n) is 2.22. The summed E-state index contributed by atoms with van der Waals surface area (Å²) in [5.74, 6) is -0.538. The lowest BCUT2D eigenvalue weighted by atomic mass is 10.2. The van der Waals surface area contributed by atoms with Gasteiger partial charge in [-0.15, -0.1) is 0 Å². The van der Waals surface area contributed by atoms with E-state index in [1.54, 1.807) is 12.3 Å². The van der Waals surface area contributed by atoms with Gasteiger partial charge >= 0.3 is 0 Å². The van der Waals surface area contributed by atoms with Crippen LogP contribution < -0.4 is 16.8 Å². The van der Waals surface area contributed by atoms with Gasteiger partial charge in [-0.2, -0.15) is 0 Å². The molecule has 0 aliphatic carbocycles. The Morgan fingerprint density at radius 3 is 3.00 bits per heavy atom. The van der Waals surface area contributed by atoms with Gasteiger partial charge in [0.05, 0.1) is 6.61 Å². The number of nitrogens with two attached hydrogens (primary N) is 2. The summed E-state index contributed by atoms with van der Waals surface area (Å²) in [6.45, 7) is 1.29. The first-order valence-electron chi connectivity index (χ1n) is 5.63. The lowest BCUT2D eigenvalue weighted by molar-refractivity contribution is -0.122. The van der Waals surface area contributed by atoms with Crippen LogP contribution in [0.5, 0.6) is 0 Å². The van der Waals surface area contributed by atoms with Crippen LogP contribution in [-0.4, -0.2) is 41.7 Å². The summed E-state index contributed by atoms with van der Waals surface area (Å²) in [7, 11) is 0. The van der Waals surface area contributed by atoms with Crippen LogP contribution in [0.4, 0.5) is 0 Å². The van der Waals surface area contributed by atoms with Gasteiger partial charge < -0.3 is 26.7 Å². The SMILES string of the molecule is NC(=O)COCCNCc1cccnc1/C(N)=N/O. The molecule has 19 heavy (non-hydrogen) atoms. The quantitative estimate of drug-likeness (QED) is 0.153. The zero-order chi connectivity index (χ0) is 14.1. The first-order chi connectivity index (χ1) is 9.15. The second-order valence-electron chi connectivity index (χ2n) is 3.69. The molecule has 1 heterocycles. The molecular weight excluding hydrogens is 250 g/mol. The fourth-order valence-corrected chi connectivity index (χ4v) is 1.40. The highest BCUT2D eigenvalue weighted by molar-refractivity contribution is 5.96. The molecule has 0 saturated heterocycles. The van der Waals surface area contributed by atoms with Gasteiger partial charge in [-0.3, -0.25) is 9.78 Å². The second-order valence-corrected chi connectivity index (χ2v) is 3.69. The maximum atomic E-state index is 10.4. The second kappa shape index (κ2) is 8.01. The van der Waals surface area contributed by atoms with Crippen LogP contribution in [0, 0.1) is 0 Å². The molecule has 1 aromatic rings. The minimum atomic E-state index is -0.499. The van der Waals surface area contributed by atoms with E-state index < -0.39 is 5.91 Å². The topological polar surface area (TPSA) is 136 Å². The van der Waals surface area contributed by atoms with E-state index >= 15 is 0 Å². The third-order valence-corrected chi connectivity index (χ3v) is 2.22. The molecule has 8 heteroatoms. The zero-order valence-corrected chi connectivity index (χ0v) is 10.4. The molecule has 0 saturated carbocycles. The predicted octanol–water partition coefficient (Wildman–Crippen LogP) is -1.23. The fourth-order valence-electron chi connectivity index (χ4n) is 1.40. The summed E-state index contributed by atoms with van der Waals surface area (Å²) < 4.78 is 4.99. The van der Waals surface area contributed by atoms with E-state index in [-0.39, 0.29) is 12.4 Å². The molecule has 1 rings (SSSR count). The predicted molar refractivity (Wildman–Crippen MR) is 68.5 cm³/mol. The van der Waals surface area contributed by atoms with Crippen LogP contribution in [0.1, 0.15) is 11.3 Å². The molecule has 8 nitrogen and oxygen atoms in total. The van der Waals surface area contributed by atoms with Gasteiger partial charge in [0.25, 0.3) is 0 Å². The van der Waals surface area contributed by atoms with Crippen molar-refractivity contribution in [3.63, 3.8) is 0 Å². The average Bonchev–Trinajstić information content (AvgIpc) is 2.42. The number of hydrogen-bond donors (Lipinski definition) is 4. The Balaban J connectivity index is 2.39. The number of oxime groups is 1. The number of amides is 1. The normalized spacial score (nSPS) is 11.5. The molecule has 0 radical (unpaired) electrons. The molecule has 0 aliphatic rings. The summed E-state index contributed by atoms with van der Waals surface area (Å²) >= 11 is 0. The Bertz CT molecular complexity index is 450. The highest BCUT2D eigenvalue weighted by atomic mass is 16.5. The van der Waals surface area contributed by atoms with Gasteiger partial charge in [0.2, 0.25) is 5.91 Å². The van der Waals surface area contributed by atoms with Gasteiger partial charge in [0.15, 0.2) is 5.84 Å². The highest BCUT2D eigenvalue weighted by Gasteiger charge is 2.07. The Morgan fingerprint density at radius 1 is 1.53 bits per heavy atom. The molecule has 6 N–H and O–H groups in total. The van der Waals surface area contributed by atoms with Gasteiger partial charge in [0, 0.05) is 19.3 Å². The summed E-state index contributed by atoms with van der Waals surface area (Å²) in [5.41, 5.74) is 11.7. The lowest BCUT2D eigenvalue weighted by Crippen LogP contribution is -2.25. The summed E-state index contributed by atoms with van der Waals surface area (Å²) in [5, 5.41) is 14.7. The van der Waals surface area contributed by atoms with Gasteiger partial charge in [-0.25, -0.2) is 0 Å². The molecule has 104 valence electrons. The molecule has 1 amide bonds. The van der Waals surface area contributed by atoms with E-state index in [2.05, 4.69) is 15.5 Å². The van der Waals surface area contributed by atoms with Crippen molar-refractivity contribution in [2.75, 3.05) is 19.8 Å². The standard InChI is InChI=1S/C11H17N5O3/c12-9(17)7-19-5-4-14-6-8-2-1-3-15-10(8)11(13)16-18/h1-3,14,18H,4-7H2,(H2,12,17)(H2,13,16). The molecule has 0 aromatic carbocycles. The van der Waals surface area contributed by atoms with Crippen LogP contribution in [0.2, 0.25) is 0 Å². The van der Waals surface area contributed by atoms with E-state index in [1.165, 1.54) is 0 Å². The number of amidine groups is 1.